The van der Waals surface area contributed by atoms with Crippen molar-refractivity contribution in [3.8, 4) is 0 Å². The lowest BCUT2D eigenvalue weighted by Gasteiger charge is -2.19. The number of benzene rings is 1. The molecule has 0 aliphatic carbocycles. The fraction of sp³-hybridized carbons (Fsp3) is 0.462. The van der Waals surface area contributed by atoms with Crippen LogP contribution in [0, 0.1) is 11.7 Å². The fourth-order valence-corrected chi connectivity index (χ4v) is 1.60. The first kappa shape index (κ1) is 15.4. The molecule has 0 heterocycles. The molecular weight excluding hydrogens is 249 g/mol. The maximum atomic E-state index is 13.4. The number of aliphatic hydroxyl groups excluding tert-OH is 1. The predicted octanol–water partition coefficient (Wildman–Crippen LogP) is 1.03. The molecule has 5 nitrogen and oxygen atoms in total. The van der Waals surface area contributed by atoms with Crippen LogP contribution in [0.25, 0.3) is 0 Å². The zero-order valence-corrected chi connectivity index (χ0v) is 11.1. The lowest BCUT2D eigenvalue weighted by atomic mass is 10.0. The van der Waals surface area contributed by atoms with Crippen LogP contribution in [-0.2, 0) is 6.54 Å². The molecule has 1 aromatic carbocycles. The molecular formula is C13H20FN3O2. The number of aliphatic hydroxyl groups is 1. The Bertz CT molecular complexity index is 452. The Labute approximate surface area is 111 Å². The summed E-state index contributed by atoms with van der Waals surface area (Å²) < 4.78 is 13.4. The lowest BCUT2D eigenvalue weighted by Crippen LogP contribution is -2.33. The molecule has 0 amide bonds. The monoisotopic (exact) mass is 269 g/mol. The van der Waals surface area contributed by atoms with Crippen molar-refractivity contribution in [2.24, 2.45) is 16.8 Å². The second-order valence-corrected chi connectivity index (χ2v) is 4.66. The van der Waals surface area contributed by atoms with E-state index < -0.39 is 5.82 Å². The van der Waals surface area contributed by atoms with Gasteiger partial charge in [-0.25, -0.2) is 4.39 Å². The van der Waals surface area contributed by atoms with Crippen LogP contribution in [0.4, 0.5) is 4.39 Å². The first-order valence-corrected chi connectivity index (χ1v) is 6.09. The van der Waals surface area contributed by atoms with Crippen molar-refractivity contribution in [1.82, 2.24) is 5.32 Å². The van der Waals surface area contributed by atoms with E-state index in [0.29, 0.717) is 17.7 Å². The van der Waals surface area contributed by atoms with Crippen molar-refractivity contribution in [3.63, 3.8) is 0 Å². The van der Waals surface area contributed by atoms with Gasteiger partial charge < -0.3 is 21.4 Å². The van der Waals surface area contributed by atoms with E-state index >= 15 is 0 Å². The molecule has 0 aliphatic heterocycles. The largest absolute Gasteiger partial charge is 0.409 e. The zero-order chi connectivity index (χ0) is 14.4. The Morgan fingerprint density at radius 3 is 2.68 bits per heavy atom. The van der Waals surface area contributed by atoms with Crippen LogP contribution in [0.2, 0.25) is 0 Å². The van der Waals surface area contributed by atoms with E-state index in [2.05, 4.69) is 10.5 Å². The minimum absolute atomic E-state index is 0.0900. The first-order valence-electron chi connectivity index (χ1n) is 6.09. The lowest BCUT2D eigenvalue weighted by molar-refractivity contribution is 0.207. The Kier molecular flexibility index (Phi) is 5.72. The molecule has 0 radical (unpaired) electrons. The van der Waals surface area contributed by atoms with E-state index in [9.17, 15) is 4.39 Å². The molecule has 1 aromatic rings. The van der Waals surface area contributed by atoms with Crippen molar-refractivity contribution in [3.05, 3.63) is 35.1 Å². The van der Waals surface area contributed by atoms with Crippen LogP contribution in [0.15, 0.2) is 23.4 Å². The fourth-order valence-electron chi connectivity index (χ4n) is 1.60. The number of rotatable bonds is 6. The van der Waals surface area contributed by atoms with Gasteiger partial charge in [-0.3, -0.25) is 0 Å². The van der Waals surface area contributed by atoms with Crippen LogP contribution in [0.5, 0.6) is 0 Å². The van der Waals surface area contributed by atoms with Crippen molar-refractivity contribution < 1.29 is 14.7 Å². The maximum Gasteiger partial charge on any atom is 0.170 e. The second kappa shape index (κ2) is 7.06. The van der Waals surface area contributed by atoms with Crippen molar-refractivity contribution in [1.29, 1.82) is 0 Å². The first-order chi connectivity index (χ1) is 8.97. The number of nitrogens with two attached hydrogens (primary N) is 1. The molecule has 0 saturated heterocycles. The van der Waals surface area contributed by atoms with Gasteiger partial charge in [0, 0.05) is 24.8 Å². The second-order valence-electron chi connectivity index (χ2n) is 4.66. The van der Waals surface area contributed by atoms with Crippen LogP contribution < -0.4 is 11.1 Å². The predicted molar refractivity (Wildman–Crippen MR) is 71.5 cm³/mol. The molecule has 0 aliphatic rings. The normalized spacial score (nSPS) is 15.3. The topological polar surface area (TPSA) is 90.9 Å². The molecule has 0 spiro atoms. The smallest absolute Gasteiger partial charge is 0.170 e. The summed E-state index contributed by atoms with van der Waals surface area (Å²) in [6, 6.07) is 4.35. The summed E-state index contributed by atoms with van der Waals surface area (Å²) in [5.41, 5.74) is 6.47. The highest BCUT2D eigenvalue weighted by Gasteiger charge is 2.11. The van der Waals surface area contributed by atoms with Gasteiger partial charge in [-0.05, 0) is 36.6 Å². The molecule has 2 atom stereocenters. The number of nitrogens with one attached hydrogen (secondary N) is 1. The van der Waals surface area contributed by atoms with Gasteiger partial charge in [0.05, 0.1) is 0 Å². The molecule has 1 rings (SSSR count). The van der Waals surface area contributed by atoms with E-state index in [1.54, 1.807) is 6.07 Å². The summed E-state index contributed by atoms with van der Waals surface area (Å²) in [5.74, 6) is -0.460. The van der Waals surface area contributed by atoms with Gasteiger partial charge >= 0.3 is 0 Å². The summed E-state index contributed by atoms with van der Waals surface area (Å²) >= 11 is 0. The van der Waals surface area contributed by atoms with Gasteiger partial charge in [0.1, 0.15) is 5.82 Å². The third-order valence-electron chi connectivity index (χ3n) is 3.13. The van der Waals surface area contributed by atoms with Crippen molar-refractivity contribution in [2.75, 3.05) is 6.61 Å². The molecule has 0 saturated carbocycles. The van der Waals surface area contributed by atoms with Gasteiger partial charge in [-0.15, -0.1) is 0 Å². The van der Waals surface area contributed by atoms with Crippen molar-refractivity contribution >= 4 is 5.84 Å². The van der Waals surface area contributed by atoms with E-state index in [-0.39, 0.29) is 24.4 Å². The summed E-state index contributed by atoms with van der Waals surface area (Å²) in [5, 5.41) is 23.7. The third kappa shape index (κ3) is 4.50. The Morgan fingerprint density at radius 2 is 2.11 bits per heavy atom. The number of hydrogen-bond acceptors (Lipinski definition) is 4. The molecule has 2 unspecified atom stereocenters. The van der Waals surface area contributed by atoms with Crippen LogP contribution in [-0.4, -0.2) is 28.8 Å². The average Bonchev–Trinajstić information content (AvgIpc) is 2.42. The summed E-state index contributed by atoms with van der Waals surface area (Å²) in [7, 11) is 0. The molecule has 6 heteroatoms. The Balaban J connectivity index is 2.76. The van der Waals surface area contributed by atoms with Gasteiger partial charge in [0.25, 0.3) is 0 Å². The highest BCUT2D eigenvalue weighted by molar-refractivity contribution is 5.97. The summed E-state index contributed by atoms with van der Waals surface area (Å²) in [6.45, 7) is 4.40. The number of amidine groups is 1. The van der Waals surface area contributed by atoms with E-state index in [1.807, 2.05) is 13.8 Å². The minimum Gasteiger partial charge on any atom is -0.409 e. The highest BCUT2D eigenvalue weighted by Crippen LogP contribution is 2.10. The van der Waals surface area contributed by atoms with Gasteiger partial charge in [0.2, 0.25) is 0 Å². The maximum absolute atomic E-state index is 13.4. The Morgan fingerprint density at radius 1 is 1.42 bits per heavy atom. The van der Waals surface area contributed by atoms with E-state index in [0.717, 1.165) is 0 Å². The standard InChI is InChI=1S/C13H20FN3O2/c1-8(7-18)9(2)16-6-10-3-11(13(15)17-19)5-12(14)4-10/h3-5,8-9,16,18-19H,6-7H2,1-2H3,(H2,15,17). The van der Waals surface area contributed by atoms with E-state index in [1.165, 1.54) is 12.1 Å². The summed E-state index contributed by atoms with van der Waals surface area (Å²) in [4.78, 5) is 0. The molecule has 0 bridgehead atoms. The van der Waals surface area contributed by atoms with Crippen LogP contribution >= 0.6 is 0 Å². The quantitative estimate of drug-likeness (QED) is 0.269. The van der Waals surface area contributed by atoms with Crippen LogP contribution in [0.1, 0.15) is 25.0 Å². The summed E-state index contributed by atoms with van der Waals surface area (Å²) in [6.07, 6.45) is 0. The average molecular weight is 269 g/mol. The highest BCUT2D eigenvalue weighted by atomic mass is 19.1. The number of halogens is 1. The number of hydrogen-bond donors (Lipinski definition) is 4. The molecule has 19 heavy (non-hydrogen) atoms. The van der Waals surface area contributed by atoms with Gasteiger partial charge in [-0.1, -0.05) is 12.1 Å². The minimum atomic E-state index is -0.441. The number of nitrogens with zero attached hydrogens (tertiary/aromatic N) is 1. The molecule has 0 aromatic heterocycles. The SMILES string of the molecule is CC(CO)C(C)NCc1cc(F)cc(/C(N)=N/O)c1. The van der Waals surface area contributed by atoms with Crippen LogP contribution in [0.3, 0.4) is 0 Å². The van der Waals surface area contributed by atoms with E-state index in [4.69, 9.17) is 16.0 Å². The van der Waals surface area contributed by atoms with Gasteiger partial charge in [-0.2, -0.15) is 0 Å². The molecule has 106 valence electrons. The zero-order valence-electron chi connectivity index (χ0n) is 11.1. The van der Waals surface area contributed by atoms with Crippen molar-refractivity contribution in [2.45, 2.75) is 26.4 Å². The molecule has 0 fully saturated rings. The number of oxime groups is 1. The Hall–Kier alpha value is -1.66. The molecule has 5 N–H and O–H groups in total. The van der Waals surface area contributed by atoms with Gasteiger partial charge in [0.15, 0.2) is 5.84 Å². The third-order valence-corrected chi connectivity index (χ3v) is 3.13.